The lowest BCUT2D eigenvalue weighted by molar-refractivity contribution is 0.375. The number of halogens is 1. The molecule has 4 rings (SSSR count). The zero-order valence-electron chi connectivity index (χ0n) is 16.2. The van der Waals surface area contributed by atoms with Gasteiger partial charge in [0.25, 0.3) is 0 Å². The number of para-hydroxylation sites is 1. The normalized spacial score (nSPS) is 16.8. The third-order valence-corrected chi connectivity index (χ3v) is 5.07. The molecule has 1 fully saturated rings. The van der Waals surface area contributed by atoms with Gasteiger partial charge in [-0.3, -0.25) is 4.99 Å². The SMILES string of the molecule is CN=C(NCc1nc(-c2cccc(Cl)c2)no1)NC1CCN(c2ccccc2)C1. The van der Waals surface area contributed by atoms with Crippen molar-refractivity contribution in [2.75, 3.05) is 25.0 Å². The molecule has 7 nitrogen and oxygen atoms in total. The van der Waals surface area contributed by atoms with Crippen molar-refractivity contribution in [1.82, 2.24) is 20.8 Å². The average molecular weight is 411 g/mol. The first-order chi connectivity index (χ1) is 14.2. The number of hydrogen-bond acceptors (Lipinski definition) is 5. The summed E-state index contributed by atoms with van der Waals surface area (Å²) in [6, 6.07) is 18.2. The smallest absolute Gasteiger partial charge is 0.246 e. The molecule has 0 radical (unpaired) electrons. The van der Waals surface area contributed by atoms with E-state index in [0.717, 1.165) is 25.1 Å². The molecular formula is C21H23ClN6O. The molecule has 0 bridgehead atoms. The first-order valence-electron chi connectivity index (χ1n) is 9.57. The van der Waals surface area contributed by atoms with Crippen molar-refractivity contribution in [3.63, 3.8) is 0 Å². The maximum atomic E-state index is 6.03. The molecule has 0 aliphatic carbocycles. The quantitative estimate of drug-likeness (QED) is 0.496. The number of anilines is 1. The molecule has 1 saturated heterocycles. The second-order valence-electron chi connectivity index (χ2n) is 6.86. The Bertz CT molecular complexity index is 974. The molecule has 29 heavy (non-hydrogen) atoms. The number of benzene rings is 2. The Hall–Kier alpha value is -3.06. The summed E-state index contributed by atoms with van der Waals surface area (Å²) in [6.45, 7) is 2.35. The maximum Gasteiger partial charge on any atom is 0.246 e. The fraction of sp³-hybridized carbons (Fsp3) is 0.286. The molecule has 0 spiro atoms. The third-order valence-electron chi connectivity index (χ3n) is 4.83. The van der Waals surface area contributed by atoms with E-state index < -0.39 is 0 Å². The first-order valence-corrected chi connectivity index (χ1v) is 9.95. The van der Waals surface area contributed by atoms with Crippen molar-refractivity contribution in [3.05, 3.63) is 65.5 Å². The van der Waals surface area contributed by atoms with Gasteiger partial charge in [0.15, 0.2) is 5.96 Å². The molecule has 8 heteroatoms. The van der Waals surface area contributed by atoms with Crippen molar-refractivity contribution < 1.29 is 4.52 Å². The standard InChI is InChI=1S/C21H23ClN6O/c1-23-21(25-17-10-11-28(14-17)18-8-3-2-4-9-18)24-13-19-26-20(27-29-19)15-6-5-7-16(22)12-15/h2-9,12,17H,10-11,13-14H2,1H3,(H2,23,24,25). The summed E-state index contributed by atoms with van der Waals surface area (Å²) in [4.78, 5) is 11.1. The van der Waals surface area contributed by atoms with Gasteiger partial charge in [-0.1, -0.05) is 47.1 Å². The Morgan fingerprint density at radius 1 is 1.24 bits per heavy atom. The Kier molecular flexibility index (Phi) is 5.95. The van der Waals surface area contributed by atoms with Crippen LogP contribution in [0.25, 0.3) is 11.4 Å². The maximum absolute atomic E-state index is 6.03. The Balaban J connectivity index is 1.30. The first kappa shape index (κ1) is 19.3. The van der Waals surface area contributed by atoms with Crippen molar-refractivity contribution in [1.29, 1.82) is 0 Å². The number of aromatic nitrogens is 2. The molecule has 1 unspecified atom stereocenters. The van der Waals surface area contributed by atoms with Crippen molar-refractivity contribution in [3.8, 4) is 11.4 Å². The van der Waals surface area contributed by atoms with Gasteiger partial charge in [-0.05, 0) is 30.7 Å². The lowest BCUT2D eigenvalue weighted by atomic mass is 10.2. The molecule has 1 aromatic heterocycles. The highest BCUT2D eigenvalue weighted by Gasteiger charge is 2.23. The summed E-state index contributed by atoms with van der Waals surface area (Å²) in [7, 11) is 1.75. The zero-order valence-corrected chi connectivity index (χ0v) is 16.9. The van der Waals surface area contributed by atoms with Gasteiger partial charge in [0.1, 0.15) is 0 Å². The number of aliphatic imine (C=N–C) groups is 1. The fourth-order valence-corrected chi connectivity index (χ4v) is 3.56. The van der Waals surface area contributed by atoms with E-state index in [1.165, 1.54) is 5.69 Å². The fourth-order valence-electron chi connectivity index (χ4n) is 3.37. The monoisotopic (exact) mass is 410 g/mol. The van der Waals surface area contributed by atoms with Crippen LogP contribution in [-0.2, 0) is 6.54 Å². The lowest BCUT2D eigenvalue weighted by Gasteiger charge is -2.20. The summed E-state index contributed by atoms with van der Waals surface area (Å²) >= 11 is 6.03. The van der Waals surface area contributed by atoms with Crippen LogP contribution in [0.4, 0.5) is 5.69 Å². The number of nitrogens with zero attached hydrogens (tertiary/aromatic N) is 4. The zero-order chi connectivity index (χ0) is 20.1. The Morgan fingerprint density at radius 3 is 2.90 bits per heavy atom. The Morgan fingerprint density at radius 2 is 2.10 bits per heavy atom. The van der Waals surface area contributed by atoms with Crippen molar-refractivity contribution >= 4 is 23.2 Å². The highest BCUT2D eigenvalue weighted by atomic mass is 35.5. The van der Waals surface area contributed by atoms with Gasteiger partial charge in [0.2, 0.25) is 11.7 Å². The van der Waals surface area contributed by atoms with Gasteiger partial charge < -0.3 is 20.1 Å². The minimum atomic E-state index is 0.325. The van der Waals surface area contributed by atoms with E-state index in [1.807, 2.05) is 30.3 Å². The number of rotatable bonds is 5. The minimum absolute atomic E-state index is 0.325. The number of guanidine groups is 1. The largest absolute Gasteiger partial charge is 0.369 e. The predicted octanol–water partition coefficient (Wildman–Crippen LogP) is 3.33. The van der Waals surface area contributed by atoms with Gasteiger partial charge in [-0.2, -0.15) is 4.98 Å². The third kappa shape index (κ3) is 4.86. The van der Waals surface area contributed by atoms with Gasteiger partial charge in [-0.25, -0.2) is 0 Å². The van der Waals surface area contributed by atoms with Crippen LogP contribution in [-0.4, -0.2) is 42.3 Å². The average Bonchev–Trinajstić information content (AvgIpc) is 3.41. The van der Waals surface area contributed by atoms with Crippen LogP contribution in [0.1, 0.15) is 12.3 Å². The Labute approximate surface area is 174 Å². The molecule has 1 aliphatic rings. The molecule has 0 saturated carbocycles. The van der Waals surface area contributed by atoms with Gasteiger partial charge in [-0.15, -0.1) is 0 Å². The molecule has 2 heterocycles. The van der Waals surface area contributed by atoms with E-state index in [1.54, 1.807) is 7.05 Å². The van der Waals surface area contributed by atoms with E-state index in [4.69, 9.17) is 16.1 Å². The van der Waals surface area contributed by atoms with Crippen molar-refractivity contribution in [2.24, 2.45) is 4.99 Å². The summed E-state index contributed by atoms with van der Waals surface area (Å²) in [5.74, 6) is 1.72. The van der Waals surface area contributed by atoms with Crippen LogP contribution < -0.4 is 15.5 Å². The van der Waals surface area contributed by atoms with Crippen LogP contribution in [0.5, 0.6) is 0 Å². The van der Waals surface area contributed by atoms with E-state index >= 15 is 0 Å². The van der Waals surface area contributed by atoms with Crippen LogP contribution in [0.15, 0.2) is 64.1 Å². The minimum Gasteiger partial charge on any atom is -0.369 e. The summed E-state index contributed by atoms with van der Waals surface area (Å²) in [5, 5.41) is 11.4. The van der Waals surface area contributed by atoms with Crippen LogP contribution >= 0.6 is 11.6 Å². The number of nitrogens with one attached hydrogen (secondary N) is 2. The van der Waals surface area contributed by atoms with Gasteiger partial charge >= 0.3 is 0 Å². The van der Waals surface area contributed by atoms with Crippen LogP contribution in [0.2, 0.25) is 5.02 Å². The second-order valence-corrected chi connectivity index (χ2v) is 7.30. The number of hydrogen-bond donors (Lipinski definition) is 2. The van der Waals surface area contributed by atoms with E-state index in [-0.39, 0.29) is 0 Å². The van der Waals surface area contributed by atoms with E-state index in [9.17, 15) is 0 Å². The topological polar surface area (TPSA) is 78.6 Å². The van der Waals surface area contributed by atoms with Gasteiger partial charge in [0.05, 0.1) is 6.54 Å². The molecule has 150 valence electrons. The molecule has 1 atom stereocenters. The molecule has 0 amide bonds. The second kappa shape index (κ2) is 8.96. The summed E-state index contributed by atoms with van der Waals surface area (Å²) < 4.78 is 5.34. The van der Waals surface area contributed by atoms with E-state index in [0.29, 0.717) is 35.3 Å². The van der Waals surface area contributed by atoms with Crippen molar-refractivity contribution in [2.45, 2.75) is 19.0 Å². The highest BCUT2D eigenvalue weighted by molar-refractivity contribution is 6.30. The lowest BCUT2D eigenvalue weighted by Crippen LogP contribution is -2.44. The highest BCUT2D eigenvalue weighted by Crippen LogP contribution is 2.20. The van der Waals surface area contributed by atoms with E-state index in [2.05, 4.69) is 54.9 Å². The van der Waals surface area contributed by atoms with Crippen LogP contribution in [0, 0.1) is 0 Å². The predicted molar refractivity (Wildman–Crippen MR) is 115 cm³/mol. The molecule has 2 aromatic carbocycles. The molecule has 3 aromatic rings. The summed E-state index contributed by atoms with van der Waals surface area (Å²) in [5.41, 5.74) is 2.07. The summed E-state index contributed by atoms with van der Waals surface area (Å²) in [6.07, 6.45) is 1.05. The molecular weight excluding hydrogens is 388 g/mol. The van der Waals surface area contributed by atoms with Gasteiger partial charge in [0, 0.05) is 42.5 Å². The molecule has 2 N–H and O–H groups in total. The molecule has 1 aliphatic heterocycles. The van der Waals surface area contributed by atoms with Crippen LogP contribution in [0.3, 0.4) is 0 Å².